The van der Waals surface area contributed by atoms with Crippen LogP contribution in [0.1, 0.15) is 22.6 Å². The van der Waals surface area contributed by atoms with Gasteiger partial charge in [-0.15, -0.1) is 0 Å². The second-order valence-electron chi connectivity index (χ2n) is 4.31. The number of hydrogen-bond donors (Lipinski definition) is 2. The summed E-state index contributed by atoms with van der Waals surface area (Å²) in [5, 5.41) is 7.35. The maximum atomic E-state index is 5.59. The third-order valence-corrected chi connectivity index (χ3v) is 3.09. The molecule has 0 aliphatic carbocycles. The van der Waals surface area contributed by atoms with Gasteiger partial charge in [0.2, 0.25) is 5.95 Å². The van der Waals surface area contributed by atoms with E-state index in [2.05, 4.69) is 20.4 Å². The normalized spacial score (nSPS) is 10.5. The Labute approximate surface area is 117 Å². The third-order valence-electron chi connectivity index (χ3n) is 2.88. The SMILES string of the molecule is Cc1cc(C(N)=S)nc(NCc2cnn(C)c2C)n1. The molecule has 2 aromatic rings. The number of rotatable bonds is 4. The first kappa shape index (κ1) is 13.4. The van der Waals surface area contributed by atoms with E-state index in [4.69, 9.17) is 18.0 Å². The summed E-state index contributed by atoms with van der Waals surface area (Å²) < 4.78 is 1.83. The Morgan fingerprint density at radius 2 is 2.16 bits per heavy atom. The highest BCUT2D eigenvalue weighted by molar-refractivity contribution is 7.80. The lowest BCUT2D eigenvalue weighted by molar-refractivity contribution is 0.738. The van der Waals surface area contributed by atoms with Crippen molar-refractivity contribution >= 4 is 23.2 Å². The highest BCUT2D eigenvalue weighted by atomic mass is 32.1. The maximum absolute atomic E-state index is 5.59. The van der Waals surface area contributed by atoms with E-state index in [1.807, 2.05) is 31.8 Å². The molecular formula is C12H16N6S. The van der Waals surface area contributed by atoms with Crippen molar-refractivity contribution in [1.82, 2.24) is 19.7 Å². The van der Waals surface area contributed by atoms with Crippen molar-refractivity contribution in [2.75, 3.05) is 5.32 Å². The molecule has 19 heavy (non-hydrogen) atoms. The van der Waals surface area contributed by atoms with E-state index >= 15 is 0 Å². The van der Waals surface area contributed by atoms with Gasteiger partial charge >= 0.3 is 0 Å². The largest absolute Gasteiger partial charge is 0.388 e. The number of nitrogens with zero attached hydrogens (tertiary/aromatic N) is 4. The molecule has 0 aromatic carbocycles. The topological polar surface area (TPSA) is 81.6 Å². The minimum atomic E-state index is 0.270. The summed E-state index contributed by atoms with van der Waals surface area (Å²) in [6.45, 7) is 4.51. The van der Waals surface area contributed by atoms with E-state index in [-0.39, 0.29) is 4.99 Å². The Balaban J connectivity index is 2.15. The Kier molecular flexibility index (Phi) is 3.75. The predicted molar refractivity (Wildman–Crippen MR) is 77.9 cm³/mol. The second kappa shape index (κ2) is 5.31. The molecule has 2 heterocycles. The van der Waals surface area contributed by atoms with Crippen LogP contribution in [0, 0.1) is 13.8 Å². The molecule has 0 saturated heterocycles. The smallest absolute Gasteiger partial charge is 0.223 e. The van der Waals surface area contributed by atoms with Crippen LogP contribution in [0.25, 0.3) is 0 Å². The molecule has 0 unspecified atom stereocenters. The number of nitrogens with two attached hydrogens (primary N) is 1. The third kappa shape index (κ3) is 3.05. The fraction of sp³-hybridized carbons (Fsp3) is 0.333. The van der Waals surface area contributed by atoms with Crippen LogP contribution in [0.4, 0.5) is 5.95 Å². The zero-order valence-corrected chi connectivity index (χ0v) is 12.0. The van der Waals surface area contributed by atoms with Gasteiger partial charge in [0.25, 0.3) is 0 Å². The van der Waals surface area contributed by atoms with Crippen LogP contribution in [-0.4, -0.2) is 24.7 Å². The molecule has 0 fully saturated rings. The van der Waals surface area contributed by atoms with E-state index in [0.717, 1.165) is 17.0 Å². The number of hydrogen-bond acceptors (Lipinski definition) is 5. The minimum Gasteiger partial charge on any atom is -0.388 e. The average molecular weight is 276 g/mol. The molecule has 0 saturated carbocycles. The number of aromatic nitrogens is 4. The summed E-state index contributed by atoms with van der Waals surface area (Å²) in [6.07, 6.45) is 1.83. The summed E-state index contributed by atoms with van der Waals surface area (Å²) in [7, 11) is 1.91. The van der Waals surface area contributed by atoms with Crippen molar-refractivity contribution in [1.29, 1.82) is 0 Å². The van der Waals surface area contributed by atoms with Crippen molar-refractivity contribution in [2.45, 2.75) is 20.4 Å². The molecule has 0 aliphatic rings. The van der Waals surface area contributed by atoms with Gasteiger partial charge in [-0.2, -0.15) is 5.10 Å². The Hall–Kier alpha value is -2.02. The highest BCUT2D eigenvalue weighted by Gasteiger charge is 2.07. The van der Waals surface area contributed by atoms with Gasteiger partial charge in [-0.3, -0.25) is 4.68 Å². The maximum Gasteiger partial charge on any atom is 0.223 e. The minimum absolute atomic E-state index is 0.270. The van der Waals surface area contributed by atoms with Crippen LogP contribution in [0.5, 0.6) is 0 Å². The molecule has 0 aliphatic heterocycles. The quantitative estimate of drug-likeness (QED) is 0.813. The Morgan fingerprint density at radius 1 is 1.42 bits per heavy atom. The van der Waals surface area contributed by atoms with Gasteiger partial charge in [0.15, 0.2) is 0 Å². The number of nitrogens with one attached hydrogen (secondary N) is 1. The van der Waals surface area contributed by atoms with E-state index in [0.29, 0.717) is 18.2 Å². The molecule has 0 bridgehead atoms. The molecule has 100 valence electrons. The molecule has 0 radical (unpaired) electrons. The molecule has 2 rings (SSSR count). The van der Waals surface area contributed by atoms with E-state index in [1.54, 1.807) is 6.07 Å². The summed E-state index contributed by atoms with van der Waals surface area (Å²) in [5.41, 5.74) is 9.19. The molecule has 0 amide bonds. The van der Waals surface area contributed by atoms with Crippen molar-refractivity contribution in [3.05, 3.63) is 34.9 Å². The van der Waals surface area contributed by atoms with Crippen LogP contribution in [0.3, 0.4) is 0 Å². The van der Waals surface area contributed by atoms with Gasteiger partial charge in [0.1, 0.15) is 10.7 Å². The lowest BCUT2D eigenvalue weighted by atomic mass is 10.2. The summed E-state index contributed by atoms with van der Waals surface area (Å²) in [4.78, 5) is 8.84. The summed E-state index contributed by atoms with van der Waals surface area (Å²) in [6, 6.07) is 1.77. The first-order chi connectivity index (χ1) is 8.97. The lowest BCUT2D eigenvalue weighted by Gasteiger charge is -2.07. The van der Waals surface area contributed by atoms with Crippen molar-refractivity contribution < 1.29 is 0 Å². The van der Waals surface area contributed by atoms with Gasteiger partial charge in [-0.05, 0) is 19.9 Å². The van der Waals surface area contributed by atoms with E-state index < -0.39 is 0 Å². The summed E-state index contributed by atoms with van der Waals surface area (Å²) >= 11 is 4.93. The van der Waals surface area contributed by atoms with Crippen molar-refractivity contribution in [2.24, 2.45) is 12.8 Å². The molecule has 3 N–H and O–H groups in total. The molecule has 2 aromatic heterocycles. The molecule has 7 heteroatoms. The van der Waals surface area contributed by atoms with Crippen LogP contribution < -0.4 is 11.1 Å². The zero-order valence-electron chi connectivity index (χ0n) is 11.1. The Morgan fingerprint density at radius 3 is 2.74 bits per heavy atom. The van der Waals surface area contributed by atoms with Crippen LogP contribution >= 0.6 is 12.2 Å². The number of aryl methyl sites for hydroxylation is 2. The highest BCUT2D eigenvalue weighted by Crippen LogP contribution is 2.09. The molecule has 6 nitrogen and oxygen atoms in total. The average Bonchev–Trinajstić information content (AvgIpc) is 2.67. The Bertz CT molecular complexity index is 619. The van der Waals surface area contributed by atoms with Crippen molar-refractivity contribution in [3.8, 4) is 0 Å². The van der Waals surface area contributed by atoms with Crippen LogP contribution in [0.15, 0.2) is 12.3 Å². The van der Waals surface area contributed by atoms with Gasteiger partial charge in [0, 0.05) is 30.5 Å². The van der Waals surface area contributed by atoms with Gasteiger partial charge in [-0.1, -0.05) is 12.2 Å². The number of anilines is 1. The van der Waals surface area contributed by atoms with Crippen LogP contribution in [-0.2, 0) is 13.6 Å². The van der Waals surface area contributed by atoms with Gasteiger partial charge in [0.05, 0.1) is 6.20 Å². The van der Waals surface area contributed by atoms with E-state index in [1.165, 1.54) is 0 Å². The first-order valence-corrected chi connectivity index (χ1v) is 6.25. The number of thiocarbonyl (C=S) groups is 1. The molecule has 0 spiro atoms. The van der Waals surface area contributed by atoms with Crippen LogP contribution in [0.2, 0.25) is 0 Å². The predicted octanol–water partition coefficient (Wildman–Crippen LogP) is 1.07. The summed E-state index contributed by atoms with van der Waals surface area (Å²) in [5.74, 6) is 0.519. The fourth-order valence-electron chi connectivity index (χ4n) is 1.67. The lowest BCUT2D eigenvalue weighted by Crippen LogP contribution is -2.14. The fourth-order valence-corrected chi connectivity index (χ4v) is 1.77. The first-order valence-electron chi connectivity index (χ1n) is 5.84. The zero-order chi connectivity index (χ0) is 14.0. The van der Waals surface area contributed by atoms with Crippen molar-refractivity contribution in [3.63, 3.8) is 0 Å². The van der Waals surface area contributed by atoms with Gasteiger partial charge in [-0.25, -0.2) is 9.97 Å². The van der Waals surface area contributed by atoms with Gasteiger partial charge < -0.3 is 11.1 Å². The monoisotopic (exact) mass is 276 g/mol. The molecule has 0 atom stereocenters. The standard InChI is InChI=1S/C12H16N6S/c1-7-4-10(11(13)19)17-12(16-7)14-5-9-6-15-18(3)8(9)2/h4,6H,5H2,1-3H3,(H2,13,19)(H,14,16,17). The van der Waals surface area contributed by atoms with E-state index in [9.17, 15) is 0 Å². The second-order valence-corrected chi connectivity index (χ2v) is 4.75. The molecular weight excluding hydrogens is 260 g/mol.